The number of carbonyl (C=O) groups excluding carboxylic acids is 2. The highest BCUT2D eigenvalue weighted by Crippen LogP contribution is 2.30. The number of hydrogen-bond donors (Lipinski definition) is 2. The van der Waals surface area contributed by atoms with Crippen LogP contribution in [0.5, 0.6) is 5.75 Å². The highest BCUT2D eigenvalue weighted by Gasteiger charge is 2.29. The first-order chi connectivity index (χ1) is 14.2. The number of carbonyl (C=O) groups is 2. The van der Waals surface area contributed by atoms with E-state index in [1.807, 2.05) is 41.3 Å². The van der Waals surface area contributed by atoms with Crippen molar-refractivity contribution in [3.05, 3.63) is 42.0 Å². The molecule has 2 amide bonds. The third-order valence-electron chi connectivity index (χ3n) is 5.44. The zero-order valence-corrected chi connectivity index (χ0v) is 17.4. The fourth-order valence-corrected chi connectivity index (χ4v) is 3.90. The molecule has 1 fully saturated rings. The van der Waals surface area contributed by atoms with E-state index in [-0.39, 0.29) is 17.7 Å². The molecule has 3 rings (SSSR count). The largest absolute Gasteiger partial charge is 0.496 e. The Morgan fingerprint density at radius 1 is 1.10 bits per heavy atom. The van der Waals surface area contributed by atoms with Crippen molar-refractivity contribution in [2.24, 2.45) is 5.92 Å². The summed E-state index contributed by atoms with van der Waals surface area (Å²) in [5, 5.41) is 8.08. The van der Waals surface area contributed by atoms with Gasteiger partial charge in [0, 0.05) is 37.1 Å². The zero-order chi connectivity index (χ0) is 20.6. The summed E-state index contributed by atoms with van der Waals surface area (Å²) in [7, 11) is 1.63. The second-order valence-electron chi connectivity index (χ2n) is 7.49. The Morgan fingerprint density at radius 3 is 2.66 bits per heavy atom. The summed E-state index contributed by atoms with van der Waals surface area (Å²) in [5.74, 6) is 0.625. The monoisotopic (exact) mass is 397 g/mol. The van der Waals surface area contributed by atoms with E-state index < -0.39 is 0 Å². The second-order valence-corrected chi connectivity index (χ2v) is 7.49. The normalized spacial score (nSPS) is 16.6. The van der Waals surface area contributed by atoms with Crippen molar-refractivity contribution in [1.29, 1.82) is 0 Å². The molecule has 1 atom stereocenters. The molecule has 1 heterocycles. The summed E-state index contributed by atoms with van der Waals surface area (Å²) < 4.78 is 5.44. The number of piperidine rings is 1. The standard InChI is InChI=1S/C23H31N3O3/c1-3-12-24-13-14-25-22(27)17-7-6-15-26(16-17)23(28)20-10-11-21(29-2)19-9-5-4-8-18(19)20/h4-5,8-11,17,24H,3,6-7,12-16H2,1-2H3,(H,25,27). The Balaban J connectivity index is 1.67. The van der Waals surface area contributed by atoms with Gasteiger partial charge in [-0.3, -0.25) is 9.59 Å². The van der Waals surface area contributed by atoms with Crippen LogP contribution in [0.3, 0.4) is 0 Å². The summed E-state index contributed by atoms with van der Waals surface area (Å²) in [6.45, 7) is 5.61. The predicted molar refractivity (Wildman–Crippen MR) is 115 cm³/mol. The van der Waals surface area contributed by atoms with Crippen molar-refractivity contribution in [2.75, 3.05) is 39.8 Å². The van der Waals surface area contributed by atoms with Crippen LogP contribution in [0.1, 0.15) is 36.5 Å². The summed E-state index contributed by atoms with van der Waals surface area (Å²) >= 11 is 0. The molecule has 1 aliphatic heterocycles. The van der Waals surface area contributed by atoms with Crippen LogP contribution in [0.2, 0.25) is 0 Å². The van der Waals surface area contributed by atoms with Gasteiger partial charge in [0.05, 0.1) is 13.0 Å². The van der Waals surface area contributed by atoms with Crippen LogP contribution < -0.4 is 15.4 Å². The van der Waals surface area contributed by atoms with Crippen LogP contribution in [0.4, 0.5) is 0 Å². The summed E-state index contributed by atoms with van der Waals surface area (Å²) in [6.07, 6.45) is 2.74. The summed E-state index contributed by atoms with van der Waals surface area (Å²) in [5.41, 5.74) is 0.659. The molecular weight excluding hydrogens is 366 g/mol. The Hall–Kier alpha value is -2.60. The van der Waals surface area contributed by atoms with E-state index in [2.05, 4.69) is 17.6 Å². The SMILES string of the molecule is CCCNCCNC(=O)C1CCCN(C(=O)c2ccc(OC)c3ccccc23)C1. The van der Waals surface area contributed by atoms with Crippen molar-refractivity contribution in [1.82, 2.24) is 15.5 Å². The van der Waals surface area contributed by atoms with E-state index in [1.165, 1.54) is 0 Å². The van der Waals surface area contributed by atoms with Gasteiger partial charge in [-0.1, -0.05) is 31.2 Å². The second kappa shape index (κ2) is 10.3. The molecule has 6 nitrogen and oxygen atoms in total. The van der Waals surface area contributed by atoms with Gasteiger partial charge in [0.1, 0.15) is 5.75 Å². The molecule has 29 heavy (non-hydrogen) atoms. The molecule has 1 unspecified atom stereocenters. The van der Waals surface area contributed by atoms with Crippen LogP contribution in [-0.2, 0) is 4.79 Å². The number of ether oxygens (including phenoxy) is 1. The van der Waals surface area contributed by atoms with Gasteiger partial charge in [-0.25, -0.2) is 0 Å². The van der Waals surface area contributed by atoms with Crippen molar-refractivity contribution in [2.45, 2.75) is 26.2 Å². The first kappa shape index (κ1) is 21.1. The van der Waals surface area contributed by atoms with Crippen LogP contribution >= 0.6 is 0 Å². The smallest absolute Gasteiger partial charge is 0.254 e. The minimum Gasteiger partial charge on any atom is -0.496 e. The predicted octanol–water partition coefficient (Wildman–Crippen LogP) is 2.82. The molecule has 156 valence electrons. The van der Waals surface area contributed by atoms with Gasteiger partial charge in [-0.05, 0) is 43.3 Å². The van der Waals surface area contributed by atoms with Gasteiger partial charge in [0.25, 0.3) is 5.91 Å². The van der Waals surface area contributed by atoms with Crippen molar-refractivity contribution in [3.8, 4) is 5.75 Å². The van der Waals surface area contributed by atoms with Crippen molar-refractivity contribution < 1.29 is 14.3 Å². The molecule has 2 N–H and O–H groups in total. The number of nitrogens with one attached hydrogen (secondary N) is 2. The van der Waals surface area contributed by atoms with Gasteiger partial charge < -0.3 is 20.3 Å². The van der Waals surface area contributed by atoms with E-state index in [0.717, 1.165) is 48.9 Å². The molecule has 2 aromatic rings. The first-order valence-electron chi connectivity index (χ1n) is 10.5. The fraction of sp³-hybridized carbons (Fsp3) is 0.478. The molecule has 0 aliphatic carbocycles. The topological polar surface area (TPSA) is 70.7 Å². The quantitative estimate of drug-likeness (QED) is 0.672. The number of rotatable bonds is 8. The molecule has 2 aromatic carbocycles. The van der Waals surface area contributed by atoms with Crippen LogP contribution in [0.15, 0.2) is 36.4 Å². The lowest BCUT2D eigenvalue weighted by atomic mass is 9.95. The maximum atomic E-state index is 13.3. The Bertz CT molecular complexity index is 852. The third kappa shape index (κ3) is 5.07. The molecule has 0 spiro atoms. The van der Waals surface area contributed by atoms with E-state index in [0.29, 0.717) is 25.2 Å². The van der Waals surface area contributed by atoms with Crippen molar-refractivity contribution in [3.63, 3.8) is 0 Å². The Kier molecular flexibility index (Phi) is 7.47. The minimum atomic E-state index is -0.150. The fourth-order valence-electron chi connectivity index (χ4n) is 3.90. The number of hydrogen-bond acceptors (Lipinski definition) is 4. The molecule has 0 saturated carbocycles. The lowest BCUT2D eigenvalue weighted by molar-refractivity contribution is -0.126. The summed E-state index contributed by atoms with van der Waals surface area (Å²) in [4.78, 5) is 27.6. The highest BCUT2D eigenvalue weighted by molar-refractivity contribution is 6.08. The molecule has 1 aliphatic rings. The number of benzene rings is 2. The molecule has 0 aromatic heterocycles. The van der Waals surface area contributed by atoms with E-state index in [9.17, 15) is 9.59 Å². The number of methoxy groups -OCH3 is 1. The van der Waals surface area contributed by atoms with Crippen LogP contribution in [0, 0.1) is 5.92 Å². The summed E-state index contributed by atoms with van der Waals surface area (Å²) in [6, 6.07) is 11.4. The van der Waals surface area contributed by atoms with E-state index in [4.69, 9.17) is 4.74 Å². The Labute approximate surface area is 172 Å². The van der Waals surface area contributed by atoms with E-state index >= 15 is 0 Å². The Morgan fingerprint density at radius 2 is 1.90 bits per heavy atom. The zero-order valence-electron chi connectivity index (χ0n) is 17.4. The molecule has 6 heteroatoms. The number of amides is 2. The molecular formula is C23H31N3O3. The third-order valence-corrected chi connectivity index (χ3v) is 5.44. The lowest BCUT2D eigenvalue weighted by Gasteiger charge is -2.32. The van der Waals surface area contributed by atoms with Crippen LogP contribution in [-0.4, -0.2) is 56.5 Å². The van der Waals surface area contributed by atoms with Gasteiger partial charge >= 0.3 is 0 Å². The van der Waals surface area contributed by atoms with Gasteiger partial charge in [0.2, 0.25) is 5.91 Å². The number of fused-ring (bicyclic) bond motifs is 1. The average Bonchev–Trinajstić information content (AvgIpc) is 2.77. The van der Waals surface area contributed by atoms with Gasteiger partial charge in [0.15, 0.2) is 0 Å². The van der Waals surface area contributed by atoms with Crippen molar-refractivity contribution >= 4 is 22.6 Å². The maximum absolute atomic E-state index is 13.3. The lowest BCUT2D eigenvalue weighted by Crippen LogP contribution is -2.46. The molecule has 0 bridgehead atoms. The minimum absolute atomic E-state index is 0.0223. The average molecular weight is 398 g/mol. The van der Waals surface area contributed by atoms with E-state index in [1.54, 1.807) is 7.11 Å². The van der Waals surface area contributed by atoms with Crippen LogP contribution in [0.25, 0.3) is 10.8 Å². The maximum Gasteiger partial charge on any atom is 0.254 e. The van der Waals surface area contributed by atoms with Gasteiger partial charge in [-0.2, -0.15) is 0 Å². The number of likely N-dealkylation sites (tertiary alicyclic amines) is 1. The number of nitrogens with zero attached hydrogens (tertiary/aromatic N) is 1. The molecule has 0 radical (unpaired) electrons. The highest BCUT2D eigenvalue weighted by atomic mass is 16.5. The molecule has 1 saturated heterocycles. The van der Waals surface area contributed by atoms with Gasteiger partial charge in [-0.15, -0.1) is 0 Å². The first-order valence-corrected chi connectivity index (χ1v) is 10.5.